The maximum atomic E-state index is 14.0. The highest BCUT2D eigenvalue weighted by molar-refractivity contribution is 7.91. The molecule has 50 heavy (non-hydrogen) atoms. The van der Waals surface area contributed by atoms with Crippen molar-refractivity contribution < 1.29 is 37.2 Å². The van der Waals surface area contributed by atoms with Gasteiger partial charge >= 0.3 is 0 Å². The van der Waals surface area contributed by atoms with Crippen LogP contribution in [-0.4, -0.2) is 73.8 Å². The number of carbonyl (C=O) groups is 4. The van der Waals surface area contributed by atoms with Crippen LogP contribution in [0.15, 0.2) is 72.4 Å². The van der Waals surface area contributed by atoms with Crippen molar-refractivity contribution in [3.8, 4) is 16.9 Å². The van der Waals surface area contributed by atoms with E-state index >= 15 is 0 Å². The Morgan fingerprint density at radius 2 is 1.78 bits per heavy atom. The molecule has 0 radical (unpaired) electrons. The summed E-state index contributed by atoms with van der Waals surface area (Å²) in [5.74, 6) is -4.14. The molecule has 5 aliphatic rings. The molecule has 3 saturated carbocycles. The zero-order valence-corrected chi connectivity index (χ0v) is 28.3. The molecule has 4 aliphatic carbocycles. The highest BCUT2D eigenvalue weighted by Crippen LogP contribution is 2.46. The number of hydrogen-bond acceptors (Lipinski definition) is 9. The molecule has 2 aromatic carbocycles. The Balaban J connectivity index is 1.18. The quantitative estimate of drug-likeness (QED) is 0.282. The van der Waals surface area contributed by atoms with Crippen LogP contribution in [0.5, 0.6) is 5.75 Å². The Kier molecular flexibility index (Phi) is 8.75. The van der Waals surface area contributed by atoms with Crippen molar-refractivity contribution in [2.75, 3.05) is 13.2 Å². The van der Waals surface area contributed by atoms with Crippen LogP contribution in [0.1, 0.15) is 50.2 Å². The lowest BCUT2D eigenvalue weighted by molar-refractivity contribution is -0.137. The van der Waals surface area contributed by atoms with Crippen molar-refractivity contribution in [3.05, 3.63) is 78.4 Å². The van der Waals surface area contributed by atoms with E-state index in [4.69, 9.17) is 9.57 Å². The molecule has 14 heteroatoms. The molecular weight excluding hydrogens is 662 g/mol. The van der Waals surface area contributed by atoms with Gasteiger partial charge in [-0.05, 0) is 74.4 Å². The van der Waals surface area contributed by atoms with Gasteiger partial charge in [-0.15, -0.1) is 6.58 Å². The Morgan fingerprint density at radius 3 is 2.52 bits per heavy atom. The molecule has 0 aromatic heterocycles. The van der Waals surface area contributed by atoms with Crippen molar-refractivity contribution in [1.82, 2.24) is 20.7 Å². The number of sulfonamides is 1. The zero-order valence-electron chi connectivity index (χ0n) is 27.5. The molecule has 4 bridgehead atoms. The fraction of sp³-hybridized carbons (Fsp3) is 0.417. The minimum absolute atomic E-state index is 0.0839. The van der Waals surface area contributed by atoms with E-state index in [0.717, 1.165) is 22.3 Å². The van der Waals surface area contributed by atoms with Gasteiger partial charge in [0.15, 0.2) is 0 Å². The predicted octanol–water partition coefficient (Wildman–Crippen LogP) is 2.07. The lowest BCUT2D eigenvalue weighted by Crippen LogP contribution is -2.55. The number of rotatable bonds is 6. The number of nitrogens with one attached hydrogen (secondary N) is 4. The largest absolute Gasteiger partial charge is 0.490 e. The molecule has 2 aromatic rings. The molecule has 3 fully saturated rings. The van der Waals surface area contributed by atoms with E-state index in [-0.39, 0.29) is 32.4 Å². The maximum Gasteiger partial charge on any atom is 0.259 e. The van der Waals surface area contributed by atoms with Gasteiger partial charge in [-0.3, -0.25) is 23.9 Å². The molecular formula is C36H39N5O8S. The van der Waals surface area contributed by atoms with Crippen molar-refractivity contribution in [2.24, 2.45) is 22.9 Å². The molecule has 13 nitrogen and oxygen atoms in total. The normalized spacial score (nSPS) is 30.6. The van der Waals surface area contributed by atoms with E-state index in [1.807, 2.05) is 42.5 Å². The third kappa shape index (κ3) is 6.39. The van der Waals surface area contributed by atoms with E-state index in [1.54, 1.807) is 19.1 Å². The van der Waals surface area contributed by atoms with Crippen LogP contribution in [-0.2, 0) is 34.0 Å². The second kappa shape index (κ2) is 13.0. The molecule has 0 saturated heterocycles. The van der Waals surface area contributed by atoms with Crippen molar-refractivity contribution in [2.45, 2.75) is 62.0 Å². The summed E-state index contributed by atoms with van der Waals surface area (Å²) in [4.78, 5) is 60.0. The highest BCUT2D eigenvalue weighted by atomic mass is 32.2. The first-order valence-corrected chi connectivity index (χ1v) is 18.4. The highest BCUT2D eigenvalue weighted by Gasteiger charge is 2.62. The number of hydrogen-bond donors (Lipinski definition) is 4. The number of ether oxygens (including phenoxy) is 1. The lowest BCUT2D eigenvalue weighted by atomic mass is 9.93. The van der Waals surface area contributed by atoms with E-state index < -0.39 is 74.3 Å². The molecule has 4 amide bonds. The number of amides is 4. The molecule has 1 aliphatic heterocycles. The van der Waals surface area contributed by atoms with Gasteiger partial charge in [-0.25, -0.2) is 8.42 Å². The second-order valence-corrected chi connectivity index (χ2v) is 15.5. The Labute approximate surface area is 290 Å². The Hall–Kier alpha value is -4.98. The third-order valence-corrected chi connectivity index (χ3v) is 11.9. The summed E-state index contributed by atoms with van der Waals surface area (Å²) < 4.78 is 33.3. The summed E-state index contributed by atoms with van der Waals surface area (Å²) in [6, 6.07) is 12.6. The summed E-state index contributed by atoms with van der Waals surface area (Å²) in [6.45, 7) is 5.79. The average Bonchev–Trinajstić information content (AvgIpc) is 4.01. The summed E-state index contributed by atoms with van der Waals surface area (Å²) in [7, 11) is -3.87. The van der Waals surface area contributed by atoms with Gasteiger partial charge in [0, 0.05) is 23.6 Å². The van der Waals surface area contributed by atoms with Gasteiger partial charge in [-0.1, -0.05) is 41.6 Å². The summed E-state index contributed by atoms with van der Waals surface area (Å²) in [5.41, 5.74) is 2.70. The van der Waals surface area contributed by atoms with Gasteiger partial charge in [0.25, 0.3) is 5.91 Å². The fourth-order valence-corrected chi connectivity index (χ4v) is 8.38. The van der Waals surface area contributed by atoms with E-state index in [1.165, 1.54) is 6.08 Å². The molecule has 262 valence electrons. The predicted molar refractivity (Wildman–Crippen MR) is 183 cm³/mol. The van der Waals surface area contributed by atoms with E-state index in [0.29, 0.717) is 24.3 Å². The number of nitrogens with zero attached hydrogens (tertiary/aromatic N) is 1. The maximum absolute atomic E-state index is 14.0. The number of carbonyl (C=O) groups excluding carboxylic acids is 4. The molecule has 4 N–H and O–H groups in total. The van der Waals surface area contributed by atoms with Crippen LogP contribution in [0, 0.1) is 17.8 Å². The Morgan fingerprint density at radius 1 is 1.02 bits per heavy atom. The summed E-state index contributed by atoms with van der Waals surface area (Å²) >= 11 is 0. The first-order valence-electron chi connectivity index (χ1n) is 16.9. The van der Waals surface area contributed by atoms with Crippen LogP contribution < -0.4 is 25.4 Å². The molecule has 1 heterocycles. The van der Waals surface area contributed by atoms with Crippen LogP contribution in [0.3, 0.4) is 0 Å². The van der Waals surface area contributed by atoms with Gasteiger partial charge in [0.1, 0.15) is 35.8 Å². The summed E-state index contributed by atoms with van der Waals surface area (Å²) in [5, 5.41) is 12.2. The lowest BCUT2D eigenvalue weighted by Gasteiger charge is -2.24. The number of oxime groups is 1. The van der Waals surface area contributed by atoms with Crippen LogP contribution >= 0.6 is 0 Å². The van der Waals surface area contributed by atoms with Gasteiger partial charge in [0.2, 0.25) is 27.7 Å². The zero-order chi connectivity index (χ0) is 35.2. The smallest absolute Gasteiger partial charge is 0.259 e. The minimum atomic E-state index is -3.87. The molecule has 7 rings (SSSR count). The second-order valence-electron chi connectivity index (χ2n) is 13.5. The first-order chi connectivity index (χ1) is 24.0. The number of benzene rings is 2. The molecule has 6 atom stereocenters. The van der Waals surface area contributed by atoms with Crippen LogP contribution in [0.4, 0.5) is 0 Å². The standard InChI is InChI=1S/C36H39N5O8S/c1-3-21-19-36(21,35(45)41-50(46,47)24-11-12-24)39-34(44)30-18-23-17-29(30)33(43)38-20(2)32(42)37-14-6-7-15-48-22-10-13-26-25-8-4-5-9-27(25)31(40-49-23)28(26)16-22/h3-10,13,16,20-21,23-24,29-30H,1,11-12,14-15,17-19H2,2H3,(H,37,42)(H,38,43)(H,39,44)(H,41,45)/b7-6+,40-31-/t20-,21+,23+,29-,30-,36-/m1/s1. The fourth-order valence-electron chi connectivity index (χ4n) is 7.02. The van der Waals surface area contributed by atoms with Crippen LogP contribution in [0.2, 0.25) is 0 Å². The minimum Gasteiger partial charge on any atom is -0.490 e. The molecule has 0 unspecified atom stereocenters. The van der Waals surface area contributed by atoms with Crippen molar-refractivity contribution in [1.29, 1.82) is 0 Å². The first kappa shape index (κ1) is 33.5. The Bertz CT molecular complexity index is 1940. The van der Waals surface area contributed by atoms with Crippen molar-refractivity contribution >= 4 is 39.4 Å². The third-order valence-electron chi connectivity index (χ3n) is 10.1. The molecule has 0 spiro atoms. The van der Waals surface area contributed by atoms with Gasteiger partial charge in [-0.2, -0.15) is 0 Å². The SMILES string of the molecule is C=C[C@H]1C[C@]1(NC(=O)[C@@H]1C[C@@H]2C[C@H]1C(=O)N[C@H](C)C(=O)NC/C=C/COc1ccc3c(c1)/C(=N\O2)c1ccccc1-3)C(=O)NS(=O)(=O)C1CC1. The monoisotopic (exact) mass is 701 g/mol. The topological polar surface area (TPSA) is 181 Å². The van der Waals surface area contributed by atoms with Crippen molar-refractivity contribution in [3.63, 3.8) is 0 Å². The summed E-state index contributed by atoms with van der Waals surface area (Å²) in [6.07, 6.45) is 5.67. The van der Waals surface area contributed by atoms with E-state index in [2.05, 4.69) is 32.4 Å². The number of fused-ring (bicyclic) bond motifs is 6. The van der Waals surface area contributed by atoms with Gasteiger partial charge in [0.05, 0.1) is 17.1 Å². The van der Waals surface area contributed by atoms with Crippen LogP contribution in [0.25, 0.3) is 11.1 Å². The van der Waals surface area contributed by atoms with E-state index in [9.17, 15) is 27.6 Å². The average molecular weight is 702 g/mol. The van der Waals surface area contributed by atoms with Gasteiger partial charge < -0.3 is 25.5 Å².